The average Bonchev–Trinajstić information content (AvgIpc) is 4.15. The molecule has 0 atom stereocenters. The number of aromatic nitrogens is 2. The minimum Gasteiger partial charge on any atom is -0.457 e. The lowest BCUT2D eigenvalue weighted by molar-refractivity contribution is 0.483. The molecule has 0 spiro atoms. The molecule has 0 amide bonds. The van der Waals surface area contributed by atoms with Crippen molar-refractivity contribution in [1.82, 2.24) is 9.55 Å². The molecule has 1 aliphatic heterocycles. The van der Waals surface area contributed by atoms with Crippen LogP contribution in [0.2, 0.25) is 0 Å². The van der Waals surface area contributed by atoms with Gasteiger partial charge in [-0.3, -0.25) is 4.57 Å². The summed E-state index contributed by atoms with van der Waals surface area (Å²) < 4.78 is 9.56. The SMILES string of the molecule is CC(C)c1cccc(C(C)C)c1-c1cc(Oc2ccc3c4ccccc4n(-c4cc(C(C)(C)c5ccccc5)ccn4)c3c2)cc(N2CN(c3cc(-c4ccccc4)cc(C(C)(C)c4ccccc4)c3)c3ccccc32)c1. The van der Waals surface area contributed by atoms with Gasteiger partial charge in [-0.1, -0.05) is 201 Å². The van der Waals surface area contributed by atoms with Crippen LogP contribution in [0.15, 0.2) is 231 Å². The topological polar surface area (TPSA) is 33.5 Å². The van der Waals surface area contributed by atoms with Gasteiger partial charge >= 0.3 is 0 Å². The highest BCUT2D eigenvalue weighted by Gasteiger charge is 2.32. The molecule has 11 aromatic rings. The van der Waals surface area contributed by atoms with Gasteiger partial charge in [0.15, 0.2) is 0 Å². The highest BCUT2D eigenvalue weighted by atomic mass is 16.5. The van der Waals surface area contributed by atoms with Crippen LogP contribution < -0.4 is 14.5 Å². The molecule has 1 aliphatic rings. The van der Waals surface area contributed by atoms with Crippen molar-refractivity contribution in [2.45, 2.75) is 78.1 Å². The predicted molar refractivity (Wildman–Crippen MR) is 323 cm³/mol. The second kappa shape index (κ2) is 19.8. The first kappa shape index (κ1) is 49.2. The van der Waals surface area contributed by atoms with E-state index in [1.54, 1.807) is 0 Å². The van der Waals surface area contributed by atoms with E-state index in [1.807, 2.05) is 6.20 Å². The fraction of sp³-hybridized carbons (Fsp3) is 0.181. The Hall–Kier alpha value is -8.67. The lowest BCUT2D eigenvalue weighted by Crippen LogP contribution is -2.25. The first-order valence-electron chi connectivity index (χ1n) is 27.3. The van der Waals surface area contributed by atoms with E-state index in [0.29, 0.717) is 18.5 Å². The van der Waals surface area contributed by atoms with E-state index in [4.69, 9.17) is 9.72 Å². The van der Waals surface area contributed by atoms with Crippen LogP contribution in [0.25, 0.3) is 49.9 Å². The van der Waals surface area contributed by atoms with Crippen LogP contribution in [0.5, 0.6) is 11.5 Å². The molecule has 0 saturated carbocycles. The zero-order chi connectivity index (χ0) is 53.0. The summed E-state index contributed by atoms with van der Waals surface area (Å²) in [4.78, 5) is 10.0. The molecule has 0 unspecified atom stereocenters. The van der Waals surface area contributed by atoms with Crippen LogP contribution in [0.4, 0.5) is 22.7 Å². The Labute approximate surface area is 454 Å². The van der Waals surface area contributed by atoms with Crippen LogP contribution >= 0.6 is 0 Å². The number of fused-ring (bicyclic) bond motifs is 4. The number of benzene rings is 9. The first-order chi connectivity index (χ1) is 37.3. The van der Waals surface area contributed by atoms with Gasteiger partial charge in [-0.15, -0.1) is 0 Å². The summed E-state index contributed by atoms with van der Waals surface area (Å²) in [5.74, 6) is 3.00. The Bertz CT molecular complexity index is 3920. The van der Waals surface area contributed by atoms with E-state index in [0.717, 1.165) is 62.0 Å². The van der Waals surface area contributed by atoms with Crippen LogP contribution in [0.1, 0.15) is 101 Å². The molecule has 2 aromatic heterocycles. The molecule has 77 heavy (non-hydrogen) atoms. The Balaban J connectivity index is 0.998. The molecular weight excluding hydrogens is 937 g/mol. The van der Waals surface area contributed by atoms with E-state index in [1.165, 1.54) is 55.5 Å². The summed E-state index contributed by atoms with van der Waals surface area (Å²) in [6, 6.07) is 81.7. The predicted octanol–water partition coefficient (Wildman–Crippen LogP) is 19.5. The number of nitrogens with zero attached hydrogens (tertiary/aromatic N) is 4. The van der Waals surface area contributed by atoms with Gasteiger partial charge in [-0.05, 0) is 134 Å². The molecule has 5 heteroatoms. The molecule has 0 saturated heterocycles. The number of para-hydroxylation sites is 3. The number of ether oxygens (including phenoxy) is 1. The zero-order valence-corrected chi connectivity index (χ0v) is 45.5. The highest BCUT2D eigenvalue weighted by Crippen LogP contribution is 2.49. The molecule has 380 valence electrons. The summed E-state index contributed by atoms with van der Waals surface area (Å²) >= 11 is 0. The first-order valence-corrected chi connectivity index (χ1v) is 27.3. The normalized spacial score (nSPS) is 12.8. The van der Waals surface area contributed by atoms with Gasteiger partial charge < -0.3 is 14.5 Å². The van der Waals surface area contributed by atoms with E-state index >= 15 is 0 Å². The number of hydrogen-bond donors (Lipinski definition) is 0. The van der Waals surface area contributed by atoms with Crippen molar-refractivity contribution in [3.8, 4) is 39.6 Å². The van der Waals surface area contributed by atoms with Crippen molar-refractivity contribution in [2.75, 3.05) is 16.5 Å². The van der Waals surface area contributed by atoms with E-state index in [-0.39, 0.29) is 10.8 Å². The average molecular weight is 1000 g/mol. The van der Waals surface area contributed by atoms with Crippen LogP contribution in [-0.4, -0.2) is 16.2 Å². The van der Waals surface area contributed by atoms with Crippen molar-refractivity contribution in [3.63, 3.8) is 0 Å². The Morgan fingerprint density at radius 3 is 1.62 bits per heavy atom. The Morgan fingerprint density at radius 1 is 0.416 bits per heavy atom. The molecular formula is C72H66N4O. The third-order valence-corrected chi connectivity index (χ3v) is 16.2. The fourth-order valence-corrected chi connectivity index (χ4v) is 11.8. The van der Waals surface area contributed by atoms with E-state index < -0.39 is 0 Å². The van der Waals surface area contributed by atoms with Crippen molar-refractivity contribution in [3.05, 3.63) is 264 Å². The largest absolute Gasteiger partial charge is 0.457 e. The lowest BCUT2D eigenvalue weighted by atomic mass is 9.77. The number of rotatable bonds is 13. The monoisotopic (exact) mass is 1000 g/mol. The van der Waals surface area contributed by atoms with Crippen LogP contribution in [0, 0.1) is 0 Å². The van der Waals surface area contributed by atoms with Gasteiger partial charge in [0.1, 0.15) is 24.0 Å². The minimum atomic E-state index is -0.255. The summed E-state index contributed by atoms with van der Waals surface area (Å²) in [5, 5.41) is 2.31. The molecule has 9 aromatic carbocycles. The van der Waals surface area contributed by atoms with Gasteiger partial charge in [-0.2, -0.15) is 0 Å². The van der Waals surface area contributed by atoms with Crippen LogP contribution in [-0.2, 0) is 10.8 Å². The summed E-state index contributed by atoms with van der Waals surface area (Å²) in [6.45, 7) is 19.1. The third-order valence-electron chi connectivity index (χ3n) is 16.2. The molecule has 12 rings (SSSR count). The second-order valence-electron chi connectivity index (χ2n) is 22.5. The Morgan fingerprint density at radius 2 is 0.974 bits per heavy atom. The maximum absolute atomic E-state index is 7.26. The van der Waals surface area contributed by atoms with Gasteiger partial charge in [-0.25, -0.2) is 4.98 Å². The standard InChI is InChI=1S/C72H66N4O/c1-48(2)61-30-22-31-62(49(3)4)70(61)52-41-58(75-47-74(66-33-20-21-34-67(66)75)57-40-51(50-23-12-9-13-24-50)39-56(43-57)72(7,8)54-27-16-11-17-28-54)45-60(42-52)77-59-35-36-64-63-29-18-19-32-65(63)76(68(64)46-59)69-44-55(37-38-73-69)71(5,6)53-25-14-10-15-26-53/h9-46,48-49H,47H2,1-8H3. The zero-order valence-electron chi connectivity index (χ0n) is 45.5. The molecule has 0 fully saturated rings. The molecule has 3 heterocycles. The van der Waals surface area contributed by atoms with Gasteiger partial charge in [0, 0.05) is 51.3 Å². The maximum atomic E-state index is 7.26. The number of hydrogen-bond acceptors (Lipinski definition) is 4. The number of pyridine rings is 1. The fourth-order valence-electron chi connectivity index (χ4n) is 11.8. The Kier molecular flexibility index (Phi) is 12.7. The van der Waals surface area contributed by atoms with Gasteiger partial charge in [0.25, 0.3) is 0 Å². The minimum absolute atomic E-state index is 0.236. The van der Waals surface area contributed by atoms with Gasteiger partial charge in [0.05, 0.1) is 22.4 Å². The molecule has 0 aliphatic carbocycles. The smallest absolute Gasteiger partial charge is 0.137 e. The molecule has 5 nitrogen and oxygen atoms in total. The molecule has 0 N–H and O–H groups in total. The highest BCUT2D eigenvalue weighted by molar-refractivity contribution is 6.09. The summed E-state index contributed by atoms with van der Waals surface area (Å²) in [7, 11) is 0. The lowest BCUT2D eigenvalue weighted by Gasteiger charge is -2.30. The van der Waals surface area contributed by atoms with Crippen molar-refractivity contribution in [2.24, 2.45) is 0 Å². The van der Waals surface area contributed by atoms with Crippen molar-refractivity contribution < 1.29 is 4.74 Å². The summed E-state index contributed by atoms with van der Waals surface area (Å²) in [5.41, 5.74) is 18.6. The summed E-state index contributed by atoms with van der Waals surface area (Å²) in [6.07, 6.45) is 1.95. The molecule has 0 radical (unpaired) electrons. The second-order valence-corrected chi connectivity index (χ2v) is 22.5. The van der Waals surface area contributed by atoms with Crippen molar-refractivity contribution >= 4 is 44.6 Å². The van der Waals surface area contributed by atoms with E-state index in [2.05, 4.69) is 294 Å². The van der Waals surface area contributed by atoms with Crippen molar-refractivity contribution in [1.29, 1.82) is 0 Å². The quantitative estimate of drug-likeness (QED) is 0.115. The maximum Gasteiger partial charge on any atom is 0.137 e. The van der Waals surface area contributed by atoms with Gasteiger partial charge in [0.2, 0.25) is 0 Å². The molecule has 0 bridgehead atoms. The van der Waals surface area contributed by atoms with E-state index in [9.17, 15) is 0 Å². The van der Waals surface area contributed by atoms with Crippen LogP contribution in [0.3, 0.4) is 0 Å². The number of anilines is 4. The third kappa shape index (κ3) is 9.04.